The van der Waals surface area contributed by atoms with Gasteiger partial charge in [0.15, 0.2) is 0 Å². The summed E-state index contributed by atoms with van der Waals surface area (Å²) >= 11 is 1.72. The third kappa shape index (κ3) is 3.40. The molecule has 0 saturated heterocycles. The van der Waals surface area contributed by atoms with Crippen molar-refractivity contribution in [2.75, 3.05) is 6.54 Å². The molecule has 0 saturated carbocycles. The van der Waals surface area contributed by atoms with E-state index in [0.29, 0.717) is 0 Å². The molecule has 1 heterocycles. The summed E-state index contributed by atoms with van der Waals surface area (Å²) in [6.07, 6.45) is 0. The lowest BCUT2D eigenvalue weighted by molar-refractivity contribution is 0.446. The Kier molecular flexibility index (Phi) is 3.94. The van der Waals surface area contributed by atoms with Crippen molar-refractivity contribution in [3.63, 3.8) is 0 Å². The largest absolute Gasteiger partial charge is 0.321 e. The van der Waals surface area contributed by atoms with Crippen LogP contribution in [-0.4, -0.2) is 6.54 Å². The summed E-state index contributed by atoms with van der Waals surface area (Å²) in [5.41, 5.74) is 8.48. The van der Waals surface area contributed by atoms with Crippen LogP contribution in [0.15, 0.2) is 47.2 Å². The highest BCUT2D eigenvalue weighted by atomic mass is 32.1. The highest BCUT2D eigenvalue weighted by Crippen LogP contribution is 2.16. The molecule has 1 aromatic heterocycles. The summed E-state index contributed by atoms with van der Waals surface area (Å²) in [6.45, 7) is 3.71. The summed E-state index contributed by atoms with van der Waals surface area (Å²) in [4.78, 5) is 0. The Bertz CT molecular complexity index is 435. The monoisotopic (exact) mass is 246 g/mol. The predicted molar refractivity (Wildman–Crippen MR) is 74.0 cm³/mol. The minimum Gasteiger partial charge on any atom is -0.321 e. The van der Waals surface area contributed by atoms with Crippen molar-refractivity contribution in [1.29, 1.82) is 0 Å². The number of hydrogen-bond donors (Lipinski definition) is 2. The first-order valence-corrected chi connectivity index (χ1v) is 6.69. The number of benzene rings is 1. The van der Waals surface area contributed by atoms with Crippen LogP contribution in [0.5, 0.6) is 0 Å². The van der Waals surface area contributed by atoms with E-state index in [9.17, 15) is 0 Å². The summed E-state index contributed by atoms with van der Waals surface area (Å²) < 4.78 is 0. The van der Waals surface area contributed by atoms with Gasteiger partial charge in [-0.15, -0.1) is 0 Å². The van der Waals surface area contributed by atoms with Gasteiger partial charge in [0, 0.05) is 13.1 Å². The van der Waals surface area contributed by atoms with E-state index in [0.717, 1.165) is 18.7 Å². The number of hydrogen-bond acceptors (Lipinski definition) is 3. The van der Waals surface area contributed by atoms with Crippen molar-refractivity contribution < 1.29 is 0 Å². The maximum absolute atomic E-state index is 6.32. The molecule has 2 aromatic rings. The van der Waals surface area contributed by atoms with E-state index in [2.05, 4.69) is 41.2 Å². The van der Waals surface area contributed by atoms with Gasteiger partial charge < -0.3 is 11.1 Å². The quantitative estimate of drug-likeness (QED) is 0.851. The van der Waals surface area contributed by atoms with Gasteiger partial charge in [-0.3, -0.25) is 0 Å². The Morgan fingerprint density at radius 1 is 1.24 bits per heavy atom. The zero-order valence-corrected chi connectivity index (χ0v) is 10.8. The third-order valence-corrected chi connectivity index (χ3v) is 3.57. The van der Waals surface area contributed by atoms with E-state index in [1.807, 2.05) is 18.2 Å². The highest BCUT2D eigenvalue weighted by Gasteiger charge is 2.19. The lowest BCUT2D eigenvalue weighted by Crippen LogP contribution is -2.43. The SMILES string of the molecule is CC(N)(CNCc1ccsc1)c1ccccc1. The van der Waals surface area contributed by atoms with Gasteiger partial charge in [0.25, 0.3) is 0 Å². The summed E-state index contributed by atoms with van der Waals surface area (Å²) in [7, 11) is 0. The van der Waals surface area contributed by atoms with E-state index in [-0.39, 0.29) is 5.54 Å². The number of nitrogens with two attached hydrogens (primary N) is 1. The average Bonchev–Trinajstić information content (AvgIpc) is 2.83. The van der Waals surface area contributed by atoms with Crippen molar-refractivity contribution in [1.82, 2.24) is 5.32 Å². The van der Waals surface area contributed by atoms with E-state index in [1.54, 1.807) is 11.3 Å². The standard InChI is InChI=1S/C14H18N2S/c1-14(15,13-5-3-2-4-6-13)11-16-9-12-7-8-17-10-12/h2-8,10,16H,9,11,15H2,1H3. The first kappa shape index (κ1) is 12.3. The second-order valence-electron chi connectivity index (χ2n) is 4.52. The lowest BCUT2D eigenvalue weighted by Gasteiger charge is -2.25. The van der Waals surface area contributed by atoms with E-state index in [4.69, 9.17) is 5.73 Å². The van der Waals surface area contributed by atoms with Gasteiger partial charge in [-0.05, 0) is 34.9 Å². The van der Waals surface area contributed by atoms with Crippen molar-refractivity contribution in [3.05, 3.63) is 58.3 Å². The van der Waals surface area contributed by atoms with Crippen LogP contribution < -0.4 is 11.1 Å². The van der Waals surface area contributed by atoms with Gasteiger partial charge >= 0.3 is 0 Å². The Balaban J connectivity index is 1.90. The number of rotatable bonds is 5. The van der Waals surface area contributed by atoms with Gasteiger partial charge in [-0.2, -0.15) is 11.3 Å². The summed E-state index contributed by atoms with van der Waals surface area (Å²) in [5.74, 6) is 0. The Morgan fingerprint density at radius 3 is 2.65 bits per heavy atom. The topological polar surface area (TPSA) is 38.0 Å². The molecular weight excluding hydrogens is 228 g/mol. The molecule has 0 fully saturated rings. The summed E-state index contributed by atoms with van der Waals surface area (Å²) in [5, 5.41) is 7.66. The minimum absolute atomic E-state index is 0.322. The fraction of sp³-hybridized carbons (Fsp3) is 0.286. The van der Waals surface area contributed by atoms with Crippen molar-refractivity contribution in [2.24, 2.45) is 5.73 Å². The van der Waals surface area contributed by atoms with Gasteiger partial charge in [-0.1, -0.05) is 30.3 Å². The molecule has 0 radical (unpaired) electrons. The fourth-order valence-electron chi connectivity index (χ4n) is 1.78. The van der Waals surface area contributed by atoms with E-state index < -0.39 is 0 Å². The molecule has 0 spiro atoms. The Morgan fingerprint density at radius 2 is 2.00 bits per heavy atom. The maximum atomic E-state index is 6.32. The second-order valence-corrected chi connectivity index (χ2v) is 5.30. The molecule has 3 heteroatoms. The van der Waals surface area contributed by atoms with Crippen molar-refractivity contribution in [3.8, 4) is 0 Å². The smallest absolute Gasteiger partial charge is 0.0507 e. The van der Waals surface area contributed by atoms with Crippen LogP contribution in [0.4, 0.5) is 0 Å². The molecule has 0 aliphatic heterocycles. The van der Waals surface area contributed by atoms with Crippen molar-refractivity contribution in [2.45, 2.75) is 19.0 Å². The van der Waals surface area contributed by atoms with Crippen LogP contribution >= 0.6 is 11.3 Å². The number of nitrogens with one attached hydrogen (secondary N) is 1. The molecule has 0 aliphatic rings. The first-order chi connectivity index (χ1) is 8.18. The molecule has 1 atom stereocenters. The Labute approximate surface area is 106 Å². The molecule has 90 valence electrons. The maximum Gasteiger partial charge on any atom is 0.0507 e. The molecule has 2 nitrogen and oxygen atoms in total. The second kappa shape index (κ2) is 5.45. The van der Waals surface area contributed by atoms with Gasteiger partial charge in [0.05, 0.1) is 5.54 Å². The van der Waals surface area contributed by atoms with Crippen LogP contribution in [0.1, 0.15) is 18.1 Å². The third-order valence-electron chi connectivity index (χ3n) is 2.83. The molecule has 1 aromatic carbocycles. The van der Waals surface area contributed by atoms with Crippen LogP contribution in [0.25, 0.3) is 0 Å². The molecule has 0 aliphatic carbocycles. The van der Waals surface area contributed by atoms with Gasteiger partial charge in [0.1, 0.15) is 0 Å². The zero-order valence-electron chi connectivity index (χ0n) is 10.0. The van der Waals surface area contributed by atoms with E-state index in [1.165, 1.54) is 5.56 Å². The highest BCUT2D eigenvalue weighted by molar-refractivity contribution is 7.07. The van der Waals surface area contributed by atoms with Crippen LogP contribution in [0.2, 0.25) is 0 Å². The fourth-order valence-corrected chi connectivity index (χ4v) is 2.45. The van der Waals surface area contributed by atoms with Crippen LogP contribution in [0, 0.1) is 0 Å². The molecule has 17 heavy (non-hydrogen) atoms. The predicted octanol–water partition coefficient (Wildman–Crippen LogP) is 2.71. The lowest BCUT2D eigenvalue weighted by atomic mass is 9.93. The van der Waals surface area contributed by atoms with Crippen LogP contribution in [0.3, 0.4) is 0 Å². The van der Waals surface area contributed by atoms with Crippen LogP contribution in [-0.2, 0) is 12.1 Å². The zero-order chi connectivity index (χ0) is 12.1. The first-order valence-electron chi connectivity index (χ1n) is 5.75. The molecular formula is C14H18N2S. The number of thiophene rings is 1. The molecule has 0 amide bonds. The van der Waals surface area contributed by atoms with Gasteiger partial charge in [0.2, 0.25) is 0 Å². The van der Waals surface area contributed by atoms with Gasteiger partial charge in [-0.25, -0.2) is 0 Å². The molecule has 0 bridgehead atoms. The van der Waals surface area contributed by atoms with Crippen molar-refractivity contribution >= 4 is 11.3 Å². The molecule has 1 unspecified atom stereocenters. The van der Waals surface area contributed by atoms with E-state index >= 15 is 0 Å². The Hall–Kier alpha value is -1.16. The summed E-state index contributed by atoms with van der Waals surface area (Å²) in [6, 6.07) is 12.4. The minimum atomic E-state index is -0.322. The average molecular weight is 246 g/mol. The molecule has 2 rings (SSSR count). The molecule has 3 N–H and O–H groups in total. The normalized spacial score (nSPS) is 14.5.